The predicted octanol–water partition coefficient (Wildman–Crippen LogP) is 3.68. The summed E-state index contributed by atoms with van der Waals surface area (Å²) in [4.78, 5) is 33.3. The van der Waals surface area contributed by atoms with Crippen molar-refractivity contribution in [3.63, 3.8) is 0 Å². The second-order valence-electron chi connectivity index (χ2n) is 7.77. The summed E-state index contributed by atoms with van der Waals surface area (Å²) in [6.07, 6.45) is 0. The van der Waals surface area contributed by atoms with E-state index in [9.17, 15) is 9.59 Å². The van der Waals surface area contributed by atoms with E-state index in [0.29, 0.717) is 33.9 Å². The topological polar surface area (TPSA) is 110 Å². The molecule has 0 saturated carbocycles. The molecule has 168 valence electrons. The number of nitriles is 1. The number of ether oxygens (including phenoxy) is 2. The maximum atomic E-state index is 14.0. The molecule has 0 aromatic heterocycles. The van der Waals surface area contributed by atoms with E-state index < -0.39 is 17.4 Å². The molecule has 1 amide bonds. The maximum Gasteiger partial charge on any atom is 0.277 e. The Labute approximate surface area is 195 Å². The van der Waals surface area contributed by atoms with Crippen LogP contribution in [0.4, 0.5) is 5.69 Å². The number of benzene rings is 3. The van der Waals surface area contributed by atoms with Crippen molar-refractivity contribution in [3.05, 3.63) is 89.5 Å². The molecule has 0 fully saturated rings. The van der Waals surface area contributed by atoms with E-state index in [0.717, 1.165) is 0 Å². The van der Waals surface area contributed by atoms with Gasteiger partial charge in [-0.25, -0.2) is 0 Å². The molecule has 5 rings (SSSR count). The van der Waals surface area contributed by atoms with Crippen LogP contribution in [0.1, 0.15) is 21.5 Å². The number of Topliss-reactive ketones (excluding diaryl/α,β-unsaturated/α-hetero) is 1. The summed E-state index contributed by atoms with van der Waals surface area (Å²) in [6.45, 7) is -0.184. The number of fused-ring (bicyclic) bond motifs is 2. The zero-order valence-corrected chi connectivity index (χ0v) is 18.1. The molecule has 2 atom stereocenters. The van der Waals surface area contributed by atoms with Crippen LogP contribution in [0, 0.1) is 17.2 Å². The largest absolute Gasteiger partial charge is 0.497 e. The highest BCUT2D eigenvalue weighted by molar-refractivity contribution is 6.25. The van der Waals surface area contributed by atoms with Crippen molar-refractivity contribution in [1.29, 1.82) is 5.26 Å². The smallest absolute Gasteiger partial charge is 0.277 e. The average Bonchev–Trinajstić information content (AvgIpc) is 3.41. The molecule has 1 spiro atoms. The minimum atomic E-state index is -1.68. The molecular weight excluding hydrogens is 434 g/mol. The first-order valence-corrected chi connectivity index (χ1v) is 10.5. The Balaban J connectivity index is 1.67. The van der Waals surface area contributed by atoms with Crippen molar-refractivity contribution >= 4 is 23.1 Å². The Hall–Kier alpha value is -4.64. The van der Waals surface area contributed by atoms with Gasteiger partial charge in [0.15, 0.2) is 12.4 Å². The molecule has 0 unspecified atom stereocenters. The first-order chi connectivity index (χ1) is 16.6. The molecule has 34 heavy (non-hydrogen) atoms. The minimum absolute atomic E-state index is 0.184. The van der Waals surface area contributed by atoms with Gasteiger partial charge in [-0.1, -0.05) is 35.5 Å². The van der Waals surface area contributed by atoms with Crippen LogP contribution < -0.4 is 14.8 Å². The Kier molecular flexibility index (Phi) is 5.22. The van der Waals surface area contributed by atoms with Crippen LogP contribution in [0.15, 0.2) is 78.0 Å². The van der Waals surface area contributed by atoms with Crippen molar-refractivity contribution in [3.8, 4) is 17.6 Å². The summed E-state index contributed by atoms with van der Waals surface area (Å²) in [6, 6.07) is 22.6. The number of nitrogens with zero attached hydrogens (tertiary/aromatic N) is 2. The molecule has 2 aliphatic rings. The molecular formula is C26H19N3O5. The lowest BCUT2D eigenvalue weighted by molar-refractivity contribution is -0.140. The molecule has 3 aromatic carbocycles. The number of oxime groups is 1. The van der Waals surface area contributed by atoms with Gasteiger partial charge < -0.3 is 19.6 Å². The van der Waals surface area contributed by atoms with Gasteiger partial charge in [-0.05, 0) is 42.5 Å². The van der Waals surface area contributed by atoms with Gasteiger partial charge in [0.25, 0.3) is 11.5 Å². The Bertz CT molecular complexity index is 1360. The third kappa shape index (κ3) is 3.18. The first-order valence-electron chi connectivity index (χ1n) is 10.5. The van der Waals surface area contributed by atoms with Crippen molar-refractivity contribution in [2.24, 2.45) is 11.1 Å². The van der Waals surface area contributed by atoms with Gasteiger partial charge in [-0.15, -0.1) is 0 Å². The van der Waals surface area contributed by atoms with Gasteiger partial charge in [0.2, 0.25) is 0 Å². The summed E-state index contributed by atoms with van der Waals surface area (Å²) in [5, 5.41) is 16.1. The zero-order valence-electron chi connectivity index (χ0n) is 18.1. The Morgan fingerprint density at radius 3 is 2.62 bits per heavy atom. The van der Waals surface area contributed by atoms with Crippen molar-refractivity contribution < 1.29 is 23.9 Å². The van der Waals surface area contributed by atoms with Crippen LogP contribution in [0.25, 0.3) is 0 Å². The van der Waals surface area contributed by atoms with Crippen LogP contribution >= 0.6 is 0 Å². The summed E-state index contributed by atoms with van der Waals surface area (Å²) in [5.74, 6) is -0.961. The van der Waals surface area contributed by atoms with Gasteiger partial charge in [0.05, 0.1) is 7.11 Å². The van der Waals surface area contributed by atoms with Gasteiger partial charge in [0.1, 0.15) is 29.2 Å². The van der Waals surface area contributed by atoms with E-state index in [1.54, 1.807) is 79.9 Å². The van der Waals surface area contributed by atoms with E-state index in [1.165, 1.54) is 0 Å². The summed E-state index contributed by atoms with van der Waals surface area (Å²) < 4.78 is 10.8. The Morgan fingerprint density at radius 2 is 1.85 bits per heavy atom. The monoisotopic (exact) mass is 453 g/mol. The molecule has 0 radical (unpaired) electrons. The third-order valence-corrected chi connectivity index (χ3v) is 5.97. The summed E-state index contributed by atoms with van der Waals surface area (Å²) >= 11 is 0. The zero-order chi connectivity index (χ0) is 23.7. The molecule has 2 aliphatic heterocycles. The standard InChI is InChI=1S/C26H19N3O5/c1-32-17-12-10-16(11-13-17)24(30)22-23(18-6-2-5-9-21(18)33-15-14-27)29-34-26(22)19-7-3-4-8-20(19)28-25(26)31/h2-13,22H,15H2,1H3,(H,28,31)/t22-,26+/m1/s1. The van der Waals surface area contributed by atoms with E-state index in [1.807, 2.05) is 6.07 Å². The van der Waals surface area contributed by atoms with Crippen molar-refractivity contribution in [2.75, 3.05) is 19.0 Å². The number of ketones is 1. The molecule has 3 aromatic rings. The van der Waals surface area contributed by atoms with E-state index in [2.05, 4.69) is 10.5 Å². The molecule has 2 heterocycles. The maximum absolute atomic E-state index is 14.0. The van der Waals surface area contributed by atoms with Crippen LogP contribution in [-0.2, 0) is 15.2 Å². The number of hydrogen-bond acceptors (Lipinski definition) is 7. The van der Waals surface area contributed by atoms with Crippen LogP contribution in [0.5, 0.6) is 11.5 Å². The minimum Gasteiger partial charge on any atom is -0.497 e. The number of carbonyl (C=O) groups excluding carboxylic acids is 2. The molecule has 0 aliphatic carbocycles. The molecule has 0 bridgehead atoms. The molecule has 1 N–H and O–H groups in total. The second kappa shape index (κ2) is 8.37. The van der Waals surface area contributed by atoms with Crippen LogP contribution in [0.2, 0.25) is 0 Å². The lowest BCUT2D eigenvalue weighted by atomic mass is 9.74. The predicted molar refractivity (Wildman–Crippen MR) is 123 cm³/mol. The normalized spacial score (nSPS) is 20.1. The van der Waals surface area contributed by atoms with Gasteiger partial charge in [-0.2, -0.15) is 5.26 Å². The number of para-hydroxylation sites is 2. The number of methoxy groups -OCH3 is 1. The van der Waals surface area contributed by atoms with Crippen molar-refractivity contribution in [2.45, 2.75) is 5.60 Å². The average molecular weight is 453 g/mol. The number of nitrogens with one attached hydrogen (secondary N) is 1. The lowest BCUT2D eigenvalue weighted by Crippen LogP contribution is -2.46. The fraction of sp³-hybridized carbons (Fsp3) is 0.154. The van der Waals surface area contributed by atoms with E-state index >= 15 is 0 Å². The number of anilines is 1. The summed E-state index contributed by atoms with van der Waals surface area (Å²) in [7, 11) is 1.54. The fourth-order valence-corrected chi connectivity index (χ4v) is 4.40. The highest BCUT2D eigenvalue weighted by Crippen LogP contribution is 2.50. The molecule has 0 saturated heterocycles. The number of carbonyl (C=O) groups is 2. The Morgan fingerprint density at radius 1 is 1.12 bits per heavy atom. The van der Waals surface area contributed by atoms with Crippen LogP contribution in [-0.4, -0.2) is 31.1 Å². The SMILES string of the molecule is COc1ccc(C(=O)[C@H]2C(c3ccccc3OCC#N)=NO[C@]23C(=O)Nc2ccccc23)cc1. The van der Waals surface area contributed by atoms with Crippen LogP contribution in [0.3, 0.4) is 0 Å². The summed E-state index contributed by atoms with van der Waals surface area (Å²) in [5.41, 5.74) is 0.507. The number of amides is 1. The van der Waals surface area contributed by atoms with Gasteiger partial charge in [0, 0.05) is 22.4 Å². The quantitative estimate of drug-likeness (QED) is 0.570. The number of rotatable bonds is 6. The second-order valence-corrected chi connectivity index (χ2v) is 7.77. The molecule has 8 heteroatoms. The molecule has 8 nitrogen and oxygen atoms in total. The third-order valence-electron chi connectivity index (χ3n) is 5.97. The van der Waals surface area contributed by atoms with E-state index in [4.69, 9.17) is 19.6 Å². The van der Waals surface area contributed by atoms with Gasteiger partial charge in [-0.3, -0.25) is 9.59 Å². The highest BCUT2D eigenvalue weighted by Gasteiger charge is 2.63. The number of hydrogen-bond donors (Lipinski definition) is 1. The first kappa shape index (κ1) is 21.2. The van der Waals surface area contributed by atoms with E-state index in [-0.39, 0.29) is 18.1 Å². The highest BCUT2D eigenvalue weighted by atomic mass is 16.7. The van der Waals surface area contributed by atoms with Crippen molar-refractivity contribution in [1.82, 2.24) is 0 Å². The fourth-order valence-electron chi connectivity index (χ4n) is 4.40. The lowest BCUT2D eigenvalue weighted by Gasteiger charge is -2.27. The van der Waals surface area contributed by atoms with Gasteiger partial charge >= 0.3 is 0 Å².